The molecule has 6 heteroatoms. The van der Waals surface area contributed by atoms with Gasteiger partial charge in [-0.2, -0.15) is 0 Å². The fourth-order valence-electron chi connectivity index (χ4n) is 3.21. The van der Waals surface area contributed by atoms with E-state index in [9.17, 15) is 13.2 Å². The molecule has 2 aliphatic rings. The molecule has 1 amide bonds. The molecule has 5 nitrogen and oxygen atoms in total. The molecule has 0 spiro atoms. The SMILES string of the molecule is COc1ccc(CN(C(=O)[C@@H]2C[C@@H]2C)[C@@H]2CCS(=O)(=O)C2)cc1. The fraction of sp³-hybridized carbons (Fsp3) is 0.588. The number of carbonyl (C=O) groups is 1. The molecular weight excluding hydrogens is 314 g/mol. The quantitative estimate of drug-likeness (QED) is 0.823. The molecule has 1 aromatic carbocycles. The summed E-state index contributed by atoms with van der Waals surface area (Å²) in [5.41, 5.74) is 0.997. The number of hydrogen-bond donors (Lipinski definition) is 0. The van der Waals surface area contributed by atoms with Crippen molar-refractivity contribution in [2.45, 2.75) is 32.4 Å². The van der Waals surface area contributed by atoms with Crippen LogP contribution in [-0.2, 0) is 21.2 Å². The molecule has 23 heavy (non-hydrogen) atoms. The lowest BCUT2D eigenvalue weighted by atomic mass is 10.1. The van der Waals surface area contributed by atoms with E-state index in [1.165, 1.54) is 0 Å². The molecule has 2 fully saturated rings. The van der Waals surface area contributed by atoms with Crippen molar-refractivity contribution < 1.29 is 17.9 Å². The zero-order chi connectivity index (χ0) is 16.6. The number of benzene rings is 1. The Morgan fingerprint density at radius 1 is 1.30 bits per heavy atom. The maximum atomic E-state index is 12.7. The molecule has 1 saturated carbocycles. The van der Waals surface area contributed by atoms with E-state index in [4.69, 9.17) is 4.74 Å². The van der Waals surface area contributed by atoms with Crippen molar-refractivity contribution in [3.8, 4) is 5.75 Å². The summed E-state index contributed by atoms with van der Waals surface area (Å²) in [6.45, 7) is 2.53. The first-order chi connectivity index (χ1) is 10.9. The molecule has 1 aliphatic heterocycles. The predicted molar refractivity (Wildman–Crippen MR) is 87.9 cm³/mol. The van der Waals surface area contributed by atoms with Crippen molar-refractivity contribution in [3.63, 3.8) is 0 Å². The average Bonchev–Trinajstić information content (AvgIpc) is 3.15. The highest BCUT2D eigenvalue weighted by Crippen LogP contribution is 2.40. The van der Waals surface area contributed by atoms with E-state index in [1.54, 1.807) is 12.0 Å². The lowest BCUT2D eigenvalue weighted by molar-refractivity contribution is -0.135. The van der Waals surface area contributed by atoms with E-state index in [2.05, 4.69) is 6.92 Å². The van der Waals surface area contributed by atoms with Crippen LogP contribution in [0.25, 0.3) is 0 Å². The van der Waals surface area contributed by atoms with Crippen LogP contribution < -0.4 is 4.74 Å². The smallest absolute Gasteiger partial charge is 0.226 e. The first-order valence-corrected chi connectivity index (χ1v) is 9.85. The first kappa shape index (κ1) is 16.3. The van der Waals surface area contributed by atoms with Crippen LogP contribution in [-0.4, -0.2) is 43.9 Å². The van der Waals surface area contributed by atoms with Gasteiger partial charge < -0.3 is 9.64 Å². The largest absolute Gasteiger partial charge is 0.497 e. The third-order valence-electron chi connectivity index (χ3n) is 4.87. The Hall–Kier alpha value is -1.56. The second-order valence-electron chi connectivity index (χ2n) is 6.69. The molecule has 1 aliphatic carbocycles. The van der Waals surface area contributed by atoms with Gasteiger partial charge in [-0.1, -0.05) is 19.1 Å². The van der Waals surface area contributed by atoms with Gasteiger partial charge >= 0.3 is 0 Å². The first-order valence-electron chi connectivity index (χ1n) is 8.03. The molecule has 126 valence electrons. The van der Waals surface area contributed by atoms with Crippen LogP contribution in [0.1, 0.15) is 25.3 Å². The van der Waals surface area contributed by atoms with Crippen LogP contribution >= 0.6 is 0 Å². The molecule has 0 radical (unpaired) electrons. The Balaban J connectivity index is 1.78. The van der Waals surface area contributed by atoms with Crippen LogP contribution in [0.2, 0.25) is 0 Å². The van der Waals surface area contributed by atoms with Gasteiger partial charge in [0.05, 0.1) is 18.6 Å². The molecule has 0 N–H and O–H groups in total. The van der Waals surface area contributed by atoms with Gasteiger partial charge in [0, 0.05) is 18.5 Å². The normalized spacial score (nSPS) is 28.3. The van der Waals surface area contributed by atoms with E-state index >= 15 is 0 Å². The van der Waals surface area contributed by atoms with Gasteiger partial charge in [0.2, 0.25) is 5.91 Å². The van der Waals surface area contributed by atoms with Crippen LogP contribution in [0.3, 0.4) is 0 Å². The third-order valence-corrected chi connectivity index (χ3v) is 6.62. The van der Waals surface area contributed by atoms with Gasteiger partial charge in [-0.3, -0.25) is 4.79 Å². The lowest BCUT2D eigenvalue weighted by Crippen LogP contribution is -2.41. The topological polar surface area (TPSA) is 63.7 Å². The molecule has 0 unspecified atom stereocenters. The van der Waals surface area contributed by atoms with Crippen molar-refractivity contribution in [2.24, 2.45) is 11.8 Å². The summed E-state index contributed by atoms with van der Waals surface area (Å²) in [5.74, 6) is 1.64. The van der Waals surface area contributed by atoms with Gasteiger partial charge in [0.25, 0.3) is 0 Å². The van der Waals surface area contributed by atoms with Crippen LogP contribution in [0.15, 0.2) is 24.3 Å². The fourth-order valence-corrected chi connectivity index (χ4v) is 4.95. The Morgan fingerprint density at radius 3 is 2.43 bits per heavy atom. The second kappa shape index (κ2) is 6.15. The number of rotatable bonds is 5. The number of amides is 1. The monoisotopic (exact) mass is 337 g/mol. The van der Waals surface area contributed by atoms with Crippen LogP contribution in [0.5, 0.6) is 5.75 Å². The zero-order valence-electron chi connectivity index (χ0n) is 13.6. The van der Waals surface area contributed by atoms with Crippen LogP contribution in [0, 0.1) is 11.8 Å². The minimum atomic E-state index is -3.01. The second-order valence-corrected chi connectivity index (χ2v) is 8.92. The lowest BCUT2D eigenvalue weighted by Gasteiger charge is -2.29. The average molecular weight is 337 g/mol. The molecule has 3 atom stereocenters. The summed E-state index contributed by atoms with van der Waals surface area (Å²) >= 11 is 0. The standard InChI is InChI=1S/C17H23NO4S/c1-12-9-16(12)17(19)18(14-7-8-23(20,21)11-14)10-13-3-5-15(22-2)6-4-13/h3-6,12,14,16H,7-11H2,1-2H3/t12-,14+,16+/m0/s1. The molecule has 1 aromatic rings. The van der Waals surface area contributed by atoms with E-state index in [0.29, 0.717) is 18.9 Å². The summed E-state index contributed by atoms with van der Waals surface area (Å²) in [6, 6.07) is 7.40. The highest BCUT2D eigenvalue weighted by atomic mass is 32.2. The van der Waals surface area contributed by atoms with Crippen molar-refractivity contribution in [1.82, 2.24) is 4.90 Å². The Bertz CT molecular complexity index is 683. The molecular formula is C17H23NO4S. The minimum absolute atomic E-state index is 0.0663. The summed E-state index contributed by atoms with van der Waals surface area (Å²) in [6.07, 6.45) is 1.46. The van der Waals surface area contributed by atoms with Gasteiger partial charge in [-0.05, 0) is 36.5 Å². The van der Waals surface area contributed by atoms with Crippen molar-refractivity contribution in [1.29, 1.82) is 0 Å². The number of carbonyl (C=O) groups excluding carboxylic acids is 1. The van der Waals surface area contributed by atoms with Gasteiger partial charge in [0.1, 0.15) is 5.75 Å². The summed E-state index contributed by atoms with van der Waals surface area (Å²) in [4.78, 5) is 14.5. The number of methoxy groups -OCH3 is 1. The summed E-state index contributed by atoms with van der Waals surface area (Å²) < 4.78 is 28.7. The maximum absolute atomic E-state index is 12.7. The van der Waals surface area contributed by atoms with Crippen LogP contribution in [0.4, 0.5) is 0 Å². The third kappa shape index (κ3) is 3.68. The number of nitrogens with zero attached hydrogens (tertiary/aromatic N) is 1. The predicted octanol–water partition coefficient (Wildman–Crippen LogP) is 1.87. The molecule has 3 rings (SSSR count). The molecule has 1 saturated heterocycles. The van der Waals surface area contributed by atoms with Crippen molar-refractivity contribution >= 4 is 15.7 Å². The van der Waals surface area contributed by atoms with Gasteiger partial charge in [-0.15, -0.1) is 0 Å². The summed E-state index contributed by atoms with van der Waals surface area (Å²) in [5, 5.41) is 0. The Kier molecular flexibility index (Phi) is 4.36. The highest BCUT2D eigenvalue weighted by Gasteiger charge is 2.44. The Morgan fingerprint density at radius 2 is 1.96 bits per heavy atom. The van der Waals surface area contributed by atoms with E-state index in [-0.39, 0.29) is 29.4 Å². The number of hydrogen-bond acceptors (Lipinski definition) is 4. The van der Waals surface area contributed by atoms with Crippen molar-refractivity contribution in [2.75, 3.05) is 18.6 Å². The molecule has 0 aromatic heterocycles. The zero-order valence-corrected chi connectivity index (χ0v) is 14.4. The van der Waals surface area contributed by atoms with Crippen molar-refractivity contribution in [3.05, 3.63) is 29.8 Å². The number of sulfone groups is 1. The maximum Gasteiger partial charge on any atom is 0.226 e. The van der Waals surface area contributed by atoms with Gasteiger partial charge in [0.15, 0.2) is 9.84 Å². The van der Waals surface area contributed by atoms with Gasteiger partial charge in [-0.25, -0.2) is 8.42 Å². The van der Waals surface area contributed by atoms with E-state index in [1.807, 2.05) is 24.3 Å². The Labute approximate surface area is 137 Å². The van der Waals surface area contributed by atoms with E-state index < -0.39 is 9.84 Å². The molecule has 0 bridgehead atoms. The molecule has 1 heterocycles. The minimum Gasteiger partial charge on any atom is -0.497 e. The van der Waals surface area contributed by atoms with E-state index in [0.717, 1.165) is 17.7 Å². The summed E-state index contributed by atoms with van der Waals surface area (Å²) in [7, 11) is -1.40. The highest BCUT2D eigenvalue weighted by molar-refractivity contribution is 7.91. The number of ether oxygens (including phenoxy) is 1.